The number of carbonyl (C=O) groups excluding carboxylic acids is 2. The van der Waals surface area contributed by atoms with Gasteiger partial charge in [-0.3, -0.25) is 4.79 Å². The molecule has 1 heterocycles. The van der Waals surface area contributed by atoms with Crippen molar-refractivity contribution in [3.05, 3.63) is 97.6 Å². The van der Waals surface area contributed by atoms with E-state index in [2.05, 4.69) is 31.9 Å². The lowest BCUT2D eigenvalue weighted by Gasteiger charge is -2.08. The van der Waals surface area contributed by atoms with E-state index in [0.29, 0.717) is 31.4 Å². The first-order valence-corrected chi connectivity index (χ1v) is 11.2. The van der Waals surface area contributed by atoms with E-state index in [0.717, 1.165) is 0 Å². The monoisotopic (exact) mass is 570 g/mol. The number of methoxy groups -OCH3 is 1. The predicted molar refractivity (Wildman–Crippen MR) is 130 cm³/mol. The molecule has 0 unspecified atom stereocenters. The molecule has 0 fully saturated rings. The molecule has 33 heavy (non-hydrogen) atoms. The van der Waals surface area contributed by atoms with Crippen molar-refractivity contribution in [2.24, 2.45) is 0 Å². The third kappa shape index (κ3) is 4.58. The predicted octanol–water partition coefficient (Wildman–Crippen LogP) is 5.87. The van der Waals surface area contributed by atoms with Gasteiger partial charge in [0.15, 0.2) is 0 Å². The Hall–Kier alpha value is -3.36. The van der Waals surface area contributed by atoms with Crippen LogP contribution in [0.3, 0.4) is 0 Å². The highest BCUT2D eigenvalue weighted by Crippen LogP contribution is 2.39. The zero-order valence-electron chi connectivity index (χ0n) is 17.1. The van der Waals surface area contributed by atoms with Crippen LogP contribution in [-0.4, -0.2) is 29.1 Å². The number of hydrogen-bond donors (Lipinski definition) is 2. The average molecular weight is 572 g/mol. The molecule has 0 radical (unpaired) electrons. The highest BCUT2D eigenvalue weighted by molar-refractivity contribution is 9.10. The molecule has 1 aliphatic rings. The van der Waals surface area contributed by atoms with Gasteiger partial charge in [-0.25, -0.2) is 4.79 Å². The minimum Gasteiger partial charge on any atom is -0.507 e. The lowest BCUT2D eigenvalue weighted by atomic mass is 9.93. The number of Topliss-reactive ketones (excluding diaryl/α,β-unsaturated/α-hetero) is 1. The van der Waals surface area contributed by atoms with Gasteiger partial charge in [0.2, 0.25) is 5.78 Å². The van der Waals surface area contributed by atoms with Gasteiger partial charge in [0, 0.05) is 11.1 Å². The number of ketones is 1. The average Bonchev–Trinajstić information content (AvgIpc) is 3.13. The number of halogens is 2. The number of phenolic OH excluding ortho intramolecular Hbond substituents is 2. The number of hydrogen-bond acceptors (Lipinski definition) is 6. The number of phenols is 2. The first kappa shape index (κ1) is 22.8. The maximum atomic E-state index is 13.4. The molecule has 8 heteroatoms. The smallest absolute Gasteiger partial charge is 0.348 e. The summed E-state index contributed by atoms with van der Waals surface area (Å²) in [6, 6.07) is 16.0. The molecule has 3 aromatic carbocycles. The SMILES string of the molecule is COc1ccc(C2=C(C(=O)c3ccc(O)c(Br)c3)C(=O)O/C2=C\c2ccc(O)c(Br)c2)cc1. The fraction of sp³-hybridized carbons (Fsp3) is 0.0400. The summed E-state index contributed by atoms with van der Waals surface area (Å²) in [5.74, 6) is -0.457. The molecule has 0 aromatic heterocycles. The van der Waals surface area contributed by atoms with E-state index in [4.69, 9.17) is 9.47 Å². The Morgan fingerprint density at radius 1 is 0.939 bits per heavy atom. The summed E-state index contributed by atoms with van der Waals surface area (Å²) < 4.78 is 11.5. The number of esters is 1. The minimum atomic E-state index is -0.779. The molecule has 3 aromatic rings. The molecular weight excluding hydrogens is 556 g/mol. The Kier molecular flexibility index (Phi) is 6.40. The number of benzene rings is 3. The third-order valence-corrected chi connectivity index (χ3v) is 6.26. The van der Waals surface area contributed by atoms with Gasteiger partial charge < -0.3 is 19.7 Å². The van der Waals surface area contributed by atoms with Crippen molar-refractivity contribution in [2.45, 2.75) is 0 Å². The van der Waals surface area contributed by atoms with Crippen LogP contribution < -0.4 is 4.74 Å². The van der Waals surface area contributed by atoms with Crippen LogP contribution in [0, 0.1) is 0 Å². The molecular formula is C25H16Br2O6. The first-order chi connectivity index (χ1) is 15.8. The zero-order chi connectivity index (χ0) is 23.7. The van der Waals surface area contributed by atoms with Crippen LogP contribution >= 0.6 is 31.9 Å². The highest BCUT2D eigenvalue weighted by Gasteiger charge is 2.36. The van der Waals surface area contributed by atoms with Crippen molar-refractivity contribution in [1.82, 2.24) is 0 Å². The Morgan fingerprint density at radius 3 is 2.18 bits per heavy atom. The summed E-state index contributed by atoms with van der Waals surface area (Å²) in [4.78, 5) is 26.3. The number of carbonyl (C=O) groups is 2. The molecule has 0 aliphatic carbocycles. The lowest BCUT2D eigenvalue weighted by molar-refractivity contribution is -0.132. The normalized spacial score (nSPS) is 14.5. The van der Waals surface area contributed by atoms with Gasteiger partial charge in [-0.15, -0.1) is 0 Å². The second kappa shape index (κ2) is 9.25. The number of aromatic hydroxyl groups is 2. The highest BCUT2D eigenvalue weighted by atomic mass is 79.9. The quantitative estimate of drug-likeness (QED) is 0.226. The summed E-state index contributed by atoms with van der Waals surface area (Å²) in [7, 11) is 1.54. The standard InChI is InChI=1S/C25H16Br2O6/c1-32-16-6-3-14(4-7-16)22-21(11-13-2-8-19(28)17(26)10-13)33-25(31)23(22)24(30)15-5-9-20(29)18(27)12-15/h2-12,28-29H,1H3/b21-11-. The van der Waals surface area contributed by atoms with Crippen LogP contribution in [0.2, 0.25) is 0 Å². The zero-order valence-corrected chi connectivity index (χ0v) is 20.3. The van der Waals surface area contributed by atoms with E-state index < -0.39 is 11.8 Å². The fourth-order valence-electron chi connectivity index (χ4n) is 3.34. The molecule has 0 saturated heterocycles. The summed E-state index contributed by atoms with van der Waals surface area (Å²) in [6.45, 7) is 0. The molecule has 0 saturated carbocycles. The Labute approximate surface area is 206 Å². The van der Waals surface area contributed by atoms with Crippen LogP contribution in [-0.2, 0) is 9.53 Å². The van der Waals surface area contributed by atoms with E-state index >= 15 is 0 Å². The lowest BCUT2D eigenvalue weighted by Crippen LogP contribution is -2.11. The van der Waals surface area contributed by atoms with Crippen LogP contribution in [0.4, 0.5) is 0 Å². The van der Waals surface area contributed by atoms with Gasteiger partial charge in [-0.1, -0.05) is 18.2 Å². The Balaban J connectivity index is 1.90. The summed E-state index contributed by atoms with van der Waals surface area (Å²) in [5, 5.41) is 19.5. The topological polar surface area (TPSA) is 93.1 Å². The van der Waals surface area contributed by atoms with Crippen LogP contribution in [0.15, 0.2) is 80.9 Å². The van der Waals surface area contributed by atoms with Gasteiger partial charge in [-0.2, -0.15) is 0 Å². The molecule has 6 nitrogen and oxygen atoms in total. The summed E-state index contributed by atoms with van der Waals surface area (Å²) in [5.41, 5.74) is 1.66. The van der Waals surface area contributed by atoms with Crippen molar-refractivity contribution in [2.75, 3.05) is 7.11 Å². The van der Waals surface area contributed by atoms with Crippen molar-refractivity contribution in [1.29, 1.82) is 0 Å². The first-order valence-electron chi connectivity index (χ1n) is 9.63. The molecule has 4 rings (SSSR count). The maximum Gasteiger partial charge on any atom is 0.348 e. The number of ether oxygens (including phenoxy) is 2. The molecule has 0 atom stereocenters. The molecule has 1 aliphatic heterocycles. The molecule has 0 bridgehead atoms. The number of allylic oxidation sites excluding steroid dienone is 1. The minimum absolute atomic E-state index is 0.0246. The molecule has 0 amide bonds. The van der Waals surface area contributed by atoms with Crippen molar-refractivity contribution in [3.63, 3.8) is 0 Å². The Morgan fingerprint density at radius 2 is 1.58 bits per heavy atom. The maximum absolute atomic E-state index is 13.4. The molecule has 166 valence electrons. The second-order valence-corrected chi connectivity index (χ2v) is 8.79. The summed E-state index contributed by atoms with van der Waals surface area (Å²) in [6.07, 6.45) is 1.62. The van der Waals surface area contributed by atoms with E-state index in [1.165, 1.54) is 24.3 Å². The van der Waals surface area contributed by atoms with E-state index in [-0.39, 0.29) is 28.4 Å². The largest absolute Gasteiger partial charge is 0.507 e. The van der Waals surface area contributed by atoms with Gasteiger partial charge in [-0.05, 0) is 91.5 Å². The fourth-order valence-corrected chi connectivity index (χ4v) is 4.11. The number of rotatable bonds is 5. The second-order valence-electron chi connectivity index (χ2n) is 7.08. The molecule has 2 N–H and O–H groups in total. The van der Waals surface area contributed by atoms with E-state index in [1.54, 1.807) is 49.6 Å². The van der Waals surface area contributed by atoms with Crippen LogP contribution in [0.1, 0.15) is 21.5 Å². The Bertz CT molecular complexity index is 1340. The number of cyclic esters (lactones) is 1. The third-order valence-electron chi connectivity index (χ3n) is 4.99. The van der Waals surface area contributed by atoms with Crippen LogP contribution in [0.25, 0.3) is 11.6 Å². The van der Waals surface area contributed by atoms with Crippen molar-refractivity contribution in [3.8, 4) is 17.2 Å². The van der Waals surface area contributed by atoms with E-state index in [9.17, 15) is 19.8 Å². The van der Waals surface area contributed by atoms with Gasteiger partial charge in [0.05, 0.1) is 16.1 Å². The van der Waals surface area contributed by atoms with Gasteiger partial charge in [0.1, 0.15) is 28.6 Å². The van der Waals surface area contributed by atoms with Crippen molar-refractivity contribution < 1.29 is 29.3 Å². The van der Waals surface area contributed by atoms with Gasteiger partial charge >= 0.3 is 5.97 Å². The van der Waals surface area contributed by atoms with Crippen LogP contribution in [0.5, 0.6) is 17.2 Å². The molecule has 0 spiro atoms. The van der Waals surface area contributed by atoms with E-state index in [1.807, 2.05) is 0 Å². The van der Waals surface area contributed by atoms with Crippen molar-refractivity contribution >= 4 is 55.3 Å². The van der Waals surface area contributed by atoms with Gasteiger partial charge in [0.25, 0.3) is 0 Å². The summed E-state index contributed by atoms with van der Waals surface area (Å²) >= 11 is 6.47.